The molecule has 1 heterocycles. The number of hydrogen-bond donors (Lipinski definition) is 1. The predicted octanol–water partition coefficient (Wildman–Crippen LogP) is 12.4. The van der Waals surface area contributed by atoms with Crippen LogP contribution in [0.15, 0.2) is 28.4 Å². The molecule has 4 aliphatic carbocycles. The van der Waals surface area contributed by atoms with Gasteiger partial charge in [0.2, 0.25) is 5.52 Å². The van der Waals surface area contributed by atoms with E-state index in [0.717, 1.165) is 80.6 Å². The van der Waals surface area contributed by atoms with Crippen molar-refractivity contribution in [2.45, 2.75) is 176 Å². The van der Waals surface area contributed by atoms with Crippen molar-refractivity contribution in [1.29, 1.82) is 0 Å². The van der Waals surface area contributed by atoms with E-state index in [2.05, 4.69) is 56.3 Å². The fourth-order valence-corrected chi connectivity index (χ4v) is 12.0. The lowest BCUT2D eigenvalue weighted by molar-refractivity contribution is -0.383. The topological polar surface area (TPSA) is 120 Å². The van der Waals surface area contributed by atoms with Crippen LogP contribution in [0.1, 0.15) is 169 Å². The summed E-state index contributed by atoms with van der Waals surface area (Å²) in [6.07, 6.45) is 27.7. The zero-order valence-electron chi connectivity index (χ0n) is 34.2. The molecule has 4 aliphatic rings. The molecule has 1 aromatic carbocycles. The summed E-state index contributed by atoms with van der Waals surface area (Å²) < 4.78 is 10.9. The SMILES string of the molecule is CC(C)CCCC(C)C1CCC2C3CC=C4CC(OC(=O)CCCCCCCCCCCNc5ccc([N+](=O)[O-])c6nonc56)CCC4(C)C3CCC12C. The van der Waals surface area contributed by atoms with Crippen LogP contribution in [0.5, 0.6) is 0 Å². The maximum atomic E-state index is 12.9. The normalized spacial score (nSPS) is 29.7. The highest BCUT2D eigenvalue weighted by molar-refractivity contribution is 5.93. The van der Waals surface area contributed by atoms with Crippen molar-refractivity contribution in [2.75, 3.05) is 11.9 Å². The molecule has 1 N–H and O–H groups in total. The second-order valence-electron chi connectivity index (χ2n) is 18.9. The molecule has 300 valence electrons. The molecule has 8 atom stereocenters. The van der Waals surface area contributed by atoms with Crippen LogP contribution in [-0.2, 0) is 9.53 Å². The molecule has 9 heteroatoms. The van der Waals surface area contributed by atoms with Gasteiger partial charge < -0.3 is 10.1 Å². The lowest BCUT2D eigenvalue weighted by Gasteiger charge is -2.58. The number of non-ortho nitro benzene ring substituents is 1. The summed E-state index contributed by atoms with van der Waals surface area (Å²) in [6, 6.07) is 3.11. The zero-order chi connectivity index (χ0) is 38.3. The molecule has 2 aromatic rings. The van der Waals surface area contributed by atoms with Gasteiger partial charge in [-0.3, -0.25) is 14.9 Å². The van der Waals surface area contributed by atoms with Crippen LogP contribution in [0.4, 0.5) is 11.4 Å². The van der Waals surface area contributed by atoms with E-state index in [9.17, 15) is 14.9 Å². The van der Waals surface area contributed by atoms with Gasteiger partial charge in [-0.05, 0) is 121 Å². The number of carbonyl (C=O) groups excluding carboxylic acids is 1. The fraction of sp³-hybridized carbons (Fsp3) is 0.800. The quantitative estimate of drug-likeness (QED) is 0.0467. The number of rotatable bonds is 20. The summed E-state index contributed by atoms with van der Waals surface area (Å²) >= 11 is 0. The third kappa shape index (κ3) is 9.18. The first-order valence-electron chi connectivity index (χ1n) is 22.0. The van der Waals surface area contributed by atoms with E-state index in [4.69, 9.17) is 9.37 Å². The minimum Gasteiger partial charge on any atom is -0.462 e. The standard InChI is InChI=1S/C45H70N4O5/c1-31(2)16-15-17-32(3)36-21-22-37-35-20-19-33-30-34(25-27-44(33,4)38(35)26-28-45(36,37)5)53-41(50)18-13-11-9-7-6-8-10-12-14-29-46-39-23-24-40(49(51)52)43-42(39)47-54-48-43/h19,23-24,31-32,34-38,46H,6-18,20-22,25-30H2,1-5H3. The molecule has 3 saturated carbocycles. The predicted molar refractivity (Wildman–Crippen MR) is 216 cm³/mol. The Kier molecular flexibility index (Phi) is 13.8. The number of fused-ring (bicyclic) bond motifs is 6. The van der Waals surface area contributed by atoms with Crippen LogP contribution in [0, 0.1) is 56.5 Å². The third-order valence-corrected chi connectivity index (χ3v) is 15.0. The average Bonchev–Trinajstić information content (AvgIpc) is 3.77. The summed E-state index contributed by atoms with van der Waals surface area (Å²) in [7, 11) is 0. The number of carbonyl (C=O) groups is 1. The molecule has 0 saturated heterocycles. The number of nitrogens with zero attached hydrogens (tertiary/aromatic N) is 3. The smallest absolute Gasteiger partial charge is 0.306 e. The van der Waals surface area contributed by atoms with Crippen LogP contribution in [0.3, 0.4) is 0 Å². The second kappa shape index (κ2) is 18.3. The number of nitro groups is 1. The van der Waals surface area contributed by atoms with Gasteiger partial charge in [0.25, 0.3) is 0 Å². The number of nitrogens with one attached hydrogen (secondary N) is 1. The molecule has 0 radical (unpaired) electrons. The van der Waals surface area contributed by atoms with Crippen LogP contribution >= 0.6 is 0 Å². The number of aromatic nitrogens is 2. The van der Waals surface area contributed by atoms with Crippen molar-refractivity contribution in [2.24, 2.45) is 46.3 Å². The molecule has 6 rings (SSSR count). The minimum atomic E-state index is -0.472. The molecule has 0 bridgehead atoms. The van der Waals surface area contributed by atoms with E-state index in [1.807, 2.05) is 0 Å². The molecule has 1 aromatic heterocycles. The fourth-order valence-electron chi connectivity index (χ4n) is 12.0. The molecule has 3 fully saturated rings. The van der Waals surface area contributed by atoms with Gasteiger partial charge in [0.15, 0.2) is 5.52 Å². The molecule has 0 aliphatic heterocycles. The largest absolute Gasteiger partial charge is 0.462 e. The highest BCUT2D eigenvalue weighted by Gasteiger charge is 2.59. The van der Waals surface area contributed by atoms with Crippen LogP contribution < -0.4 is 5.32 Å². The molecule has 8 unspecified atom stereocenters. The number of hydrogen-bond acceptors (Lipinski definition) is 8. The minimum absolute atomic E-state index is 0.00807. The van der Waals surface area contributed by atoms with Gasteiger partial charge in [-0.1, -0.05) is 110 Å². The number of unbranched alkanes of at least 4 members (excludes halogenated alkanes) is 8. The van der Waals surface area contributed by atoms with Gasteiger partial charge >= 0.3 is 11.7 Å². The second-order valence-corrected chi connectivity index (χ2v) is 18.9. The van der Waals surface area contributed by atoms with Gasteiger partial charge in [-0.15, -0.1) is 0 Å². The maximum absolute atomic E-state index is 12.9. The van der Waals surface area contributed by atoms with Gasteiger partial charge in [-0.2, -0.15) is 0 Å². The summed E-state index contributed by atoms with van der Waals surface area (Å²) in [5.74, 6) is 5.12. The van der Waals surface area contributed by atoms with Crippen molar-refractivity contribution in [3.05, 3.63) is 33.9 Å². The van der Waals surface area contributed by atoms with E-state index >= 15 is 0 Å². The van der Waals surface area contributed by atoms with Crippen molar-refractivity contribution in [3.63, 3.8) is 0 Å². The Hall–Kier alpha value is -2.97. The van der Waals surface area contributed by atoms with E-state index < -0.39 is 4.92 Å². The Morgan fingerprint density at radius 1 is 0.907 bits per heavy atom. The third-order valence-electron chi connectivity index (χ3n) is 15.0. The first-order chi connectivity index (χ1) is 26.0. The number of allylic oxidation sites excluding steroid dienone is 1. The van der Waals surface area contributed by atoms with Crippen LogP contribution in [-0.4, -0.2) is 33.9 Å². The molecular formula is C45H70N4O5. The molecule has 9 nitrogen and oxygen atoms in total. The number of nitro benzene ring substituents is 1. The zero-order valence-corrected chi connectivity index (χ0v) is 34.2. The highest BCUT2D eigenvalue weighted by Crippen LogP contribution is 2.67. The number of ether oxygens (including phenoxy) is 1. The van der Waals surface area contributed by atoms with E-state index in [0.29, 0.717) is 28.5 Å². The number of esters is 1. The Bertz CT molecular complexity index is 1590. The molecule has 0 spiro atoms. The van der Waals surface area contributed by atoms with Gasteiger partial charge in [-0.25, -0.2) is 4.63 Å². The number of anilines is 1. The van der Waals surface area contributed by atoms with Crippen LogP contribution in [0.2, 0.25) is 0 Å². The highest BCUT2D eigenvalue weighted by atomic mass is 16.6. The van der Waals surface area contributed by atoms with Crippen LogP contribution in [0.25, 0.3) is 11.0 Å². The van der Waals surface area contributed by atoms with Crippen molar-refractivity contribution < 1.29 is 19.1 Å². The monoisotopic (exact) mass is 747 g/mol. The van der Waals surface area contributed by atoms with Crippen molar-refractivity contribution in [3.8, 4) is 0 Å². The summed E-state index contributed by atoms with van der Waals surface area (Å²) in [5.41, 5.74) is 3.62. The van der Waals surface area contributed by atoms with E-state index in [-0.39, 0.29) is 23.3 Å². The van der Waals surface area contributed by atoms with Gasteiger partial charge in [0, 0.05) is 25.5 Å². The summed E-state index contributed by atoms with van der Waals surface area (Å²) in [5, 5.41) is 22.0. The Balaban J connectivity index is 0.826. The average molecular weight is 747 g/mol. The Morgan fingerprint density at radius 3 is 2.37 bits per heavy atom. The Labute approximate surface area is 324 Å². The number of benzene rings is 1. The first kappa shape index (κ1) is 40.7. The lowest BCUT2D eigenvalue weighted by atomic mass is 9.47. The summed E-state index contributed by atoms with van der Waals surface area (Å²) in [4.78, 5) is 23.6. The molecule has 0 amide bonds. The van der Waals surface area contributed by atoms with E-state index in [1.54, 1.807) is 11.6 Å². The van der Waals surface area contributed by atoms with Crippen molar-refractivity contribution in [1.82, 2.24) is 10.3 Å². The Morgan fingerprint density at radius 2 is 1.63 bits per heavy atom. The van der Waals surface area contributed by atoms with E-state index in [1.165, 1.54) is 96.0 Å². The molecule has 54 heavy (non-hydrogen) atoms. The summed E-state index contributed by atoms with van der Waals surface area (Å²) in [6.45, 7) is 13.3. The molecular weight excluding hydrogens is 677 g/mol. The first-order valence-corrected chi connectivity index (χ1v) is 22.0. The van der Waals surface area contributed by atoms with Gasteiger partial charge in [0.05, 0.1) is 10.6 Å². The maximum Gasteiger partial charge on any atom is 0.306 e. The van der Waals surface area contributed by atoms with Gasteiger partial charge in [0.1, 0.15) is 6.10 Å². The lowest BCUT2D eigenvalue weighted by Crippen LogP contribution is -2.51. The van der Waals surface area contributed by atoms with Crippen molar-refractivity contribution >= 4 is 28.4 Å².